The number of rotatable bonds is 9. The van der Waals surface area contributed by atoms with Crippen LogP contribution in [0.1, 0.15) is 46.0 Å². The lowest BCUT2D eigenvalue weighted by atomic mass is 9.87. The van der Waals surface area contributed by atoms with Crippen molar-refractivity contribution in [2.45, 2.75) is 46.0 Å². The molecule has 0 aromatic heterocycles. The first-order valence-electron chi connectivity index (χ1n) is 10.2. The van der Waals surface area contributed by atoms with Crippen molar-refractivity contribution in [3.8, 4) is 0 Å². The van der Waals surface area contributed by atoms with Crippen LogP contribution < -0.4 is 0 Å². The fraction of sp³-hybridized carbons (Fsp3) is 0.950. The standard InChI is InChI=1S/C20H38N2O3/c1-17(2)19-7-11-22(12-8-19)20(23)16-25-14-4-13-24-15-18-5-9-21(3)10-6-18/h17-19H,4-16H2,1-3H3. The summed E-state index contributed by atoms with van der Waals surface area (Å²) in [5.74, 6) is 2.36. The lowest BCUT2D eigenvalue weighted by Gasteiger charge is -2.33. The van der Waals surface area contributed by atoms with Crippen LogP contribution in [0.25, 0.3) is 0 Å². The molecule has 25 heavy (non-hydrogen) atoms. The minimum absolute atomic E-state index is 0.148. The average molecular weight is 355 g/mol. The summed E-state index contributed by atoms with van der Waals surface area (Å²) in [7, 11) is 2.18. The second-order valence-corrected chi connectivity index (χ2v) is 8.19. The monoisotopic (exact) mass is 354 g/mol. The molecule has 2 heterocycles. The average Bonchev–Trinajstić information content (AvgIpc) is 2.62. The number of hydrogen-bond acceptors (Lipinski definition) is 4. The van der Waals surface area contributed by atoms with Crippen molar-refractivity contribution in [3.05, 3.63) is 0 Å². The maximum absolute atomic E-state index is 12.2. The van der Waals surface area contributed by atoms with Crippen molar-refractivity contribution in [3.63, 3.8) is 0 Å². The zero-order chi connectivity index (χ0) is 18.1. The Labute approximate surface area is 154 Å². The van der Waals surface area contributed by atoms with Crippen molar-refractivity contribution >= 4 is 5.91 Å². The van der Waals surface area contributed by atoms with Gasteiger partial charge in [-0.3, -0.25) is 4.79 Å². The number of piperidine rings is 2. The molecular weight excluding hydrogens is 316 g/mol. The molecule has 2 saturated heterocycles. The Kier molecular flexibility index (Phi) is 9.21. The van der Waals surface area contributed by atoms with E-state index in [0.717, 1.165) is 57.4 Å². The van der Waals surface area contributed by atoms with Gasteiger partial charge in [-0.05, 0) is 70.0 Å². The molecular formula is C20H38N2O3. The van der Waals surface area contributed by atoms with Gasteiger partial charge in [-0.25, -0.2) is 0 Å². The Balaban J connectivity index is 1.43. The topological polar surface area (TPSA) is 42.0 Å². The number of ether oxygens (including phenoxy) is 2. The highest BCUT2D eigenvalue weighted by Crippen LogP contribution is 2.24. The molecule has 0 aromatic rings. The molecule has 2 rings (SSSR count). The molecule has 0 spiro atoms. The number of carbonyl (C=O) groups is 1. The molecule has 0 N–H and O–H groups in total. The fourth-order valence-corrected chi connectivity index (χ4v) is 3.81. The molecule has 0 radical (unpaired) electrons. The molecule has 0 saturated carbocycles. The summed E-state index contributed by atoms with van der Waals surface area (Å²) in [4.78, 5) is 16.5. The van der Waals surface area contributed by atoms with Crippen LogP contribution in [0.5, 0.6) is 0 Å². The summed E-state index contributed by atoms with van der Waals surface area (Å²) in [6, 6.07) is 0. The Morgan fingerprint density at radius 2 is 1.64 bits per heavy atom. The maximum Gasteiger partial charge on any atom is 0.248 e. The Bertz CT molecular complexity index is 373. The molecule has 5 heteroatoms. The van der Waals surface area contributed by atoms with Gasteiger partial charge >= 0.3 is 0 Å². The van der Waals surface area contributed by atoms with Gasteiger partial charge in [0.15, 0.2) is 0 Å². The van der Waals surface area contributed by atoms with Gasteiger partial charge in [0.05, 0.1) is 0 Å². The van der Waals surface area contributed by atoms with E-state index in [0.29, 0.717) is 12.5 Å². The number of carbonyl (C=O) groups excluding carboxylic acids is 1. The lowest BCUT2D eigenvalue weighted by Crippen LogP contribution is -2.41. The van der Waals surface area contributed by atoms with E-state index in [1.165, 1.54) is 25.9 Å². The van der Waals surface area contributed by atoms with Gasteiger partial charge in [-0.1, -0.05) is 13.8 Å². The van der Waals surface area contributed by atoms with E-state index in [-0.39, 0.29) is 12.5 Å². The van der Waals surface area contributed by atoms with Gasteiger partial charge in [0.25, 0.3) is 0 Å². The molecule has 0 unspecified atom stereocenters. The predicted octanol–water partition coefficient (Wildman–Crippen LogP) is 2.65. The van der Waals surface area contributed by atoms with Gasteiger partial charge in [0, 0.05) is 32.9 Å². The molecule has 0 atom stereocenters. The minimum Gasteiger partial charge on any atom is -0.381 e. The van der Waals surface area contributed by atoms with Crippen molar-refractivity contribution in [2.24, 2.45) is 17.8 Å². The highest BCUT2D eigenvalue weighted by Gasteiger charge is 2.24. The first kappa shape index (κ1) is 20.7. The Morgan fingerprint density at radius 1 is 1.00 bits per heavy atom. The van der Waals surface area contributed by atoms with Crippen LogP contribution in [0.4, 0.5) is 0 Å². The summed E-state index contributed by atoms with van der Waals surface area (Å²) in [6.07, 6.45) is 5.63. The summed E-state index contributed by atoms with van der Waals surface area (Å²) in [6.45, 7) is 11.2. The highest BCUT2D eigenvalue weighted by atomic mass is 16.5. The molecule has 146 valence electrons. The van der Waals surface area contributed by atoms with E-state index in [1.54, 1.807) is 0 Å². The normalized spacial score (nSPS) is 21.2. The van der Waals surface area contributed by atoms with E-state index >= 15 is 0 Å². The third-order valence-electron chi connectivity index (χ3n) is 5.83. The number of amides is 1. The Hall–Kier alpha value is -0.650. The predicted molar refractivity (Wildman–Crippen MR) is 101 cm³/mol. The summed E-state index contributed by atoms with van der Waals surface area (Å²) < 4.78 is 11.3. The SMILES string of the molecule is CC(C)C1CCN(C(=O)COCCCOCC2CCN(C)CC2)CC1. The molecule has 0 aromatic carbocycles. The molecule has 2 fully saturated rings. The number of likely N-dealkylation sites (tertiary alicyclic amines) is 2. The van der Waals surface area contributed by atoms with E-state index in [9.17, 15) is 4.79 Å². The number of hydrogen-bond donors (Lipinski definition) is 0. The van der Waals surface area contributed by atoms with Crippen molar-refractivity contribution in [1.29, 1.82) is 0 Å². The van der Waals surface area contributed by atoms with Crippen LogP contribution in [0.2, 0.25) is 0 Å². The van der Waals surface area contributed by atoms with E-state index in [2.05, 4.69) is 25.8 Å². The van der Waals surface area contributed by atoms with Crippen LogP contribution in [-0.4, -0.2) is 75.4 Å². The largest absolute Gasteiger partial charge is 0.381 e. The smallest absolute Gasteiger partial charge is 0.248 e. The van der Waals surface area contributed by atoms with Gasteiger partial charge in [-0.2, -0.15) is 0 Å². The van der Waals surface area contributed by atoms with Crippen molar-refractivity contribution in [1.82, 2.24) is 9.80 Å². The van der Waals surface area contributed by atoms with Gasteiger partial charge in [0.1, 0.15) is 6.61 Å². The van der Waals surface area contributed by atoms with Crippen LogP contribution in [0.3, 0.4) is 0 Å². The van der Waals surface area contributed by atoms with E-state index < -0.39 is 0 Å². The maximum atomic E-state index is 12.2. The molecule has 2 aliphatic heterocycles. The molecule has 2 aliphatic rings. The van der Waals surface area contributed by atoms with E-state index in [1.807, 2.05) is 4.90 Å². The third-order valence-corrected chi connectivity index (χ3v) is 5.83. The molecule has 5 nitrogen and oxygen atoms in total. The number of nitrogens with zero attached hydrogens (tertiary/aromatic N) is 2. The first-order chi connectivity index (χ1) is 12.1. The van der Waals surface area contributed by atoms with Crippen LogP contribution >= 0.6 is 0 Å². The second-order valence-electron chi connectivity index (χ2n) is 8.19. The quantitative estimate of drug-likeness (QED) is 0.597. The second kappa shape index (κ2) is 11.1. The zero-order valence-electron chi connectivity index (χ0n) is 16.5. The Morgan fingerprint density at radius 3 is 2.28 bits per heavy atom. The van der Waals surface area contributed by atoms with Crippen molar-refractivity contribution < 1.29 is 14.3 Å². The first-order valence-corrected chi connectivity index (χ1v) is 10.2. The summed E-state index contributed by atoms with van der Waals surface area (Å²) in [5.41, 5.74) is 0. The fourth-order valence-electron chi connectivity index (χ4n) is 3.81. The van der Waals surface area contributed by atoms with Crippen LogP contribution in [-0.2, 0) is 14.3 Å². The van der Waals surface area contributed by atoms with Gasteiger partial charge < -0.3 is 19.3 Å². The van der Waals surface area contributed by atoms with Crippen LogP contribution in [0.15, 0.2) is 0 Å². The minimum atomic E-state index is 0.148. The summed E-state index contributed by atoms with van der Waals surface area (Å²) >= 11 is 0. The lowest BCUT2D eigenvalue weighted by molar-refractivity contribution is -0.137. The third kappa shape index (κ3) is 7.63. The van der Waals surface area contributed by atoms with Gasteiger partial charge in [-0.15, -0.1) is 0 Å². The molecule has 1 amide bonds. The summed E-state index contributed by atoms with van der Waals surface area (Å²) in [5, 5.41) is 0. The van der Waals surface area contributed by atoms with Crippen molar-refractivity contribution in [2.75, 3.05) is 59.7 Å². The van der Waals surface area contributed by atoms with E-state index in [4.69, 9.17) is 9.47 Å². The highest BCUT2D eigenvalue weighted by molar-refractivity contribution is 5.77. The molecule has 0 bridgehead atoms. The zero-order valence-corrected chi connectivity index (χ0v) is 16.5. The van der Waals surface area contributed by atoms with Gasteiger partial charge in [0.2, 0.25) is 5.91 Å². The van der Waals surface area contributed by atoms with Crippen LogP contribution in [0, 0.1) is 17.8 Å². The molecule has 0 aliphatic carbocycles.